The molecule has 1 N–H and O–H groups in total. The zero-order valence-electron chi connectivity index (χ0n) is 7.72. The molecule has 0 radical (unpaired) electrons. The van der Waals surface area contributed by atoms with Crippen LogP contribution in [0.3, 0.4) is 0 Å². The molecule has 0 spiro atoms. The monoisotopic (exact) mass is 196 g/mol. The van der Waals surface area contributed by atoms with Gasteiger partial charge < -0.3 is 9.84 Å². The van der Waals surface area contributed by atoms with E-state index in [0.29, 0.717) is 12.3 Å². The van der Waals surface area contributed by atoms with Crippen molar-refractivity contribution in [2.45, 2.75) is 26.2 Å². The Kier molecular flexibility index (Phi) is 4.83. The van der Waals surface area contributed by atoms with E-state index >= 15 is 0 Å². The molecular weight excluding hydrogens is 182 g/mol. The number of alkyl halides is 2. The normalized spacial score (nSPS) is 12.1. The Bertz CT molecular complexity index is 169. The van der Waals surface area contributed by atoms with Crippen molar-refractivity contribution < 1.29 is 23.4 Å². The van der Waals surface area contributed by atoms with E-state index in [1.54, 1.807) is 0 Å². The molecule has 0 bridgehead atoms. The zero-order chi connectivity index (χ0) is 10.5. The molecule has 0 unspecified atom stereocenters. The summed E-state index contributed by atoms with van der Waals surface area (Å²) in [4.78, 5) is 9.92. The van der Waals surface area contributed by atoms with Crippen molar-refractivity contribution in [2.75, 3.05) is 13.2 Å². The Balaban J connectivity index is 3.58. The maximum absolute atomic E-state index is 12.3. The van der Waals surface area contributed by atoms with Crippen molar-refractivity contribution >= 4 is 5.97 Å². The second-order valence-corrected chi connectivity index (χ2v) is 3.24. The maximum Gasteiger partial charge on any atom is 0.377 e. The van der Waals surface area contributed by atoms with Gasteiger partial charge in [-0.05, 0) is 12.3 Å². The van der Waals surface area contributed by atoms with E-state index in [4.69, 9.17) is 5.11 Å². The number of rotatable bonds is 6. The third-order valence-corrected chi connectivity index (χ3v) is 1.44. The maximum atomic E-state index is 12.3. The fraction of sp³-hybridized carbons (Fsp3) is 0.875. The van der Waals surface area contributed by atoms with Gasteiger partial charge in [0.05, 0.1) is 0 Å². The predicted octanol–water partition coefficient (Wildman–Crippen LogP) is 1.77. The van der Waals surface area contributed by atoms with Gasteiger partial charge in [-0.2, -0.15) is 8.78 Å². The molecule has 0 rings (SSSR count). The van der Waals surface area contributed by atoms with Crippen LogP contribution in [-0.4, -0.2) is 30.2 Å². The Hall–Kier alpha value is -0.710. The topological polar surface area (TPSA) is 46.5 Å². The molecule has 0 heterocycles. The molecule has 0 aromatic carbocycles. The molecule has 0 aliphatic heterocycles. The van der Waals surface area contributed by atoms with Gasteiger partial charge in [-0.1, -0.05) is 13.8 Å². The van der Waals surface area contributed by atoms with E-state index in [9.17, 15) is 13.6 Å². The van der Waals surface area contributed by atoms with Gasteiger partial charge in [0, 0.05) is 6.61 Å². The van der Waals surface area contributed by atoms with Gasteiger partial charge in [0.25, 0.3) is 0 Å². The first-order valence-electron chi connectivity index (χ1n) is 4.05. The van der Waals surface area contributed by atoms with Gasteiger partial charge in [-0.25, -0.2) is 4.79 Å². The third-order valence-electron chi connectivity index (χ3n) is 1.44. The highest BCUT2D eigenvalue weighted by Crippen LogP contribution is 2.14. The van der Waals surface area contributed by atoms with Crippen molar-refractivity contribution in [3.63, 3.8) is 0 Å². The number of carboxylic acids is 1. The summed E-state index contributed by atoms with van der Waals surface area (Å²) < 4.78 is 29.2. The average molecular weight is 196 g/mol. The third kappa shape index (κ3) is 5.52. The van der Waals surface area contributed by atoms with E-state index in [1.165, 1.54) is 0 Å². The lowest BCUT2D eigenvalue weighted by atomic mass is 10.1. The van der Waals surface area contributed by atoms with E-state index in [0.717, 1.165) is 0 Å². The molecule has 78 valence electrons. The number of hydrogen-bond donors (Lipinski definition) is 1. The fourth-order valence-corrected chi connectivity index (χ4v) is 0.581. The molecule has 0 atom stereocenters. The van der Waals surface area contributed by atoms with E-state index in [1.807, 2.05) is 13.8 Å². The van der Waals surface area contributed by atoms with Crippen LogP contribution < -0.4 is 0 Å². The summed E-state index contributed by atoms with van der Waals surface area (Å²) in [6.45, 7) is 2.98. The van der Waals surface area contributed by atoms with E-state index < -0.39 is 18.5 Å². The lowest BCUT2D eigenvalue weighted by molar-refractivity contribution is -0.173. The van der Waals surface area contributed by atoms with Crippen molar-refractivity contribution in [1.29, 1.82) is 0 Å². The second kappa shape index (κ2) is 5.11. The number of carbonyl (C=O) groups is 1. The first-order valence-corrected chi connectivity index (χ1v) is 4.05. The molecule has 0 aliphatic carbocycles. The molecule has 13 heavy (non-hydrogen) atoms. The average Bonchev–Trinajstić information content (AvgIpc) is 1.97. The molecule has 3 nitrogen and oxygen atoms in total. The first kappa shape index (κ1) is 12.3. The standard InChI is InChI=1S/C8H14F2O3/c1-6(2)3-4-13-5-8(9,10)7(11)12/h6H,3-5H2,1-2H3,(H,11,12). The highest BCUT2D eigenvalue weighted by atomic mass is 19.3. The van der Waals surface area contributed by atoms with Crippen LogP contribution in [0.25, 0.3) is 0 Å². The minimum absolute atomic E-state index is 0.167. The summed E-state index contributed by atoms with van der Waals surface area (Å²) in [5.41, 5.74) is 0. The summed E-state index contributed by atoms with van der Waals surface area (Å²) in [7, 11) is 0. The molecule has 0 saturated carbocycles. The lowest BCUT2D eigenvalue weighted by Gasteiger charge is -2.11. The Morgan fingerprint density at radius 1 is 1.54 bits per heavy atom. The molecule has 0 aliphatic rings. The smallest absolute Gasteiger partial charge is 0.377 e. The van der Waals surface area contributed by atoms with Gasteiger partial charge in [-0.3, -0.25) is 0 Å². The summed E-state index contributed by atoms with van der Waals surface area (Å²) in [6, 6.07) is 0. The van der Waals surface area contributed by atoms with Gasteiger partial charge >= 0.3 is 11.9 Å². The van der Waals surface area contributed by atoms with Crippen molar-refractivity contribution in [3.8, 4) is 0 Å². The van der Waals surface area contributed by atoms with E-state index in [2.05, 4.69) is 4.74 Å². The van der Waals surface area contributed by atoms with Crippen LogP contribution in [0.2, 0.25) is 0 Å². The molecule has 0 fully saturated rings. The molecule has 0 aromatic rings. The van der Waals surface area contributed by atoms with Crippen LogP contribution in [0.1, 0.15) is 20.3 Å². The Labute approximate surface area is 75.7 Å². The number of ether oxygens (including phenoxy) is 1. The van der Waals surface area contributed by atoms with Crippen LogP contribution in [0.4, 0.5) is 8.78 Å². The number of hydrogen-bond acceptors (Lipinski definition) is 2. The Morgan fingerprint density at radius 2 is 2.08 bits per heavy atom. The van der Waals surface area contributed by atoms with Crippen molar-refractivity contribution in [1.82, 2.24) is 0 Å². The summed E-state index contributed by atoms with van der Waals surface area (Å²) >= 11 is 0. The fourth-order valence-electron chi connectivity index (χ4n) is 0.581. The highest BCUT2D eigenvalue weighted by Gasteiger charge is 2.38. The van der Waals surface area contributed by atoms with Gasteiger partial charge in [-0.15, -0.1) is 0 Å². The largest absolute Gasteiger partial charge is 0.477 e. The molecule has 5 heteroatoms. The predicted molar refractivity (Wildman–Crippen MR) is 42.9 cm³/mol. The van der Waals surface area contributed by atoms with Crippen LogP contribution in [0.5, 0.6) is 0 Å². The highest BCUT2D eigenvalue weighted by molar-refractivity contribution is 5.75. The summed E-state index contributed by atoms with van der Waals surface area (Å²) in [5, 5.41) is 8.02. The lowest BCUT2D eigenvalue weighted by Crippen LogP contribution is -2.33. The number of halogens is 2. The number of carboxylic acid groups (broad SMARTS) is 1. The molecule has 0 saturated heterocycles. The summed E-state index contributed by atoms with van der Waals surface area (Å²) in [6.07, 6.45) is 0.649. The van der Waals surface area contributed by atoms with Crippen LogP contribution in [0, 0.1) is 5.92 Å². The SMILES string of the molecule is CC(C)CCOCC(F)(F)C(=O)O. The molecule has 0 amide bonds. The minimum Gasteiger partial charge on any atom is -0.477 e. The minimum atomic E-state index is -3.77. The Morgan fingerprint density at radius 3 is 2.46 bits per heavy atom. The second-order valence-electron chi connectivity index (χ2n) is 3.24. The van der Waals surface area contributed by atoms with Gasteiger partial charge in [0.2, 0.25) is 0 Å². The van der Waals surface area contributed by atoms with Gasteiger partial charge in [0.15, 0.2) is 0 Å². The van der Waals surface area contributed by atoms with Crippen LogP contribution in [0.15, 0.2) is 0 Å². The molecule has 0 aromatic heterocycles. The van der Waals surface area contributed by atoms with Gasteiger partial charge in [0.1, 0.15) is 6.61 Å². The van der Waals surface area contributed by atoms with Crippen molar-refractivity contribution in [2.24, 2.45) is 5.92 Å². The number of aliphatic carboxylic acids is 1. The van der Waals surface area contributed by atoms with Crippen molar-refractivity contribution in [3.05, 3.63) is 0 Å². The zero-order valence-corrected chi connectivity index (χ0v) is 7.72. The first-order chi connectivity index (χ1) is 5.86. The van der Waals surface area contributed by atoms with E-state index in [-0.39, 0.29) is 6.61 Å². The quantitative estimate of drug-likeness (QED) is 0.658. The summed E-state index contributed by atoms with van der Waals surface area (Å²) in [5.74, 6) is -5.55. The van der Waals surface area contributed by atoms with Crippen LogP contribution in [-0.2, 0) is 9.53 Å². The van der Waals surface area contributed by atoms with Crippen LogP contribution >= 0.6 is 0 Å². The molecular formula is C8H14F2O3.